The van der Waals surface area contributed by atoms with Gasteiger partial charge in [-0.3, -0.25) is 4.90 Å². The zero-order valence-corrected chi connectivity index (χ0v) is 12.0. The van der Waals surface area contributed by atoms with Gasteiger partial charge in [-0.05, 0) is 45.3 Å². The van der Waals surface area contributed by atoms with Gasteiger partial charge >= 0.3 is 0 Å². The first-order valence-corrected chi connectivity index (χ1v) is 7.51. The molecular formula is C14H29N3O. The highest BCUT2D eigenvalue weighted by molar-refractivity contribution is 4.80. The number of rotatable bonds is 4. The third-order valence-corrected chi connectivity index (χ3v) is 4.51. The van der Waals surface area contributed by atoms with E-state index in [1.54, 1.807) is 0 Å². The van der Waals surface area contributed by atoms with E-state index in [2.05, 4.69) is 23.6 Å². The molecule has 0 spiro atoms. The number of nitrogens with two attached hydrogens (primary N) is 1. The summed E-state index contributed by atoms with van der Waals surface area (Å²) >= 11 is 0. The zero-order chi connectivity index (χ0) is 13.0. The maximum atomic E-state index is 5.98. The smallest absolute Gasteiger partial charge is 0.0829 e. The van der Waals surface area contributed by atoms with Crippen molar-refractivity contribution in [1.29, 1.82) is 0 Å². The van der Waals surface area contributed by atoms with E-state index in [9.17, 15) is 0 Å². The topological polar surface area (TPSA) is 41.7 Å². The highest BCUT2D eigenvalue weighted by atomic mass is 16.5. The van der Waals surface area contributed by atoms with Crippen molar-refractivity contribution in [2.24, 2.45) is 11.7 Å². The monoisotopic (exact) mass is 255 g/mol. The number of hydrogen-bond donors (Lipinski definition) is 1. The van der Waals surface area contributed by atoms with Crippen LogP contribution in [0.2, 0.25) is 0 Å². The molecule has 0 aromatic rings. The van der Waals surface area contributed by atoms with E-state index in [4.69, 9.17) is 10.5 Å². The molecule has 0 aromatic heterocycles. The molecular weight excluding hydrogens is 226 g/mol. The quantitative estimate of drug-likeness (QED) is 0.805. The van der Waals surface area contributed by atoms with Crippen molar-refractivity contribution in [2.75, 3.05) is 45.9 Å². The van der Waals surface area contributed by atoms with Gasteiger partial charge in [0.25, 0.3) is 0 Å². The molecule has 0 saturated carbocycles. The lowest BCUT2D eigenvalue weighted by molar-refractivity contribution is -0.0455. The number of piperidine rings is 1. The summed E-state index contributed by atoms with van der Waals surface area (Å²) in [4.78, 5) is 5.05. The summed E-state index contributed by atoms with van der Waals surface area (Å²) in [5.74, 6) is 0.723. The average Bonchev–Trinajstić information content (AvgIpc) is 2.39. The molecule has 2 aliphatic heterocycles. The van der Waals surface area contributed by atoms with Crippen molar-refractivity contribution >= 4 is 0 Å². The summed E-state index contributed by atoms with van der Waals surface area (Å²) in [6.45, 7) is 12.1. The van der Waals surface area contributed by atoms with Crippen LogP contribution in [0.4, 0.5) is 0 Å². The van der Waals surface area contributed by atoms with Gasteiger partial charge in [-0.1, -0.05) is 6.92 Å². The Morgan fingerprint density at radius 3 is 2.56 bits per heavy atom. The van der Waals surface area contributed by atoms with Crippen LogP contribution in [0.25, 0.3) is 0 Å². The Bertz CT molecular complexity index is 239. The Balaban J connectivity index is 1.71. The molecule has 18 heavy (non-hydrogen) atoms. The molecule has 0 bridgehead atoms. The van der Waals surface area contributed by atoms with Gasteiger partial charge in [-0.25, -0.2) is 0 Å². The molecule has 2 heterocycles. The number of ether oxygens (including phenoxy) is 1. The molecule has 106 valence electrons. The van der Waals surface area contributed by atoms with E-state index in [-0.39, 0.29) is 0 Å². The summed E-state index contributed by atoms with van der Waals surface area (Å²) in [6, 6.07) is 0.355. The Morgan fingerprint density at radius 2 is 1.94 bits per heavy atom. The minimum absolute atomic E-state index is 0.355. The molecule has 2 saturated heterocycles. The van der Waals surface area contributed by atoms with E-state index in [1.165, 1.54) is 25.9 Å². The summed E-state index contributed by atoms with van der Waals surface area (Å²) in [5.41, 5.74) is 5.98. The first-order chi connectivity index (χ1) is 8.69. The van der Waals surface area contributed by atoms with Crippen molar-refractivity contribution in [3.63, 3.8) is 0 Å². The molecule has 2 aliphatic rings. The first kappa shape index (κ1) is 14.3. The van der Waals surface area contributed by atoms with Crippen molar-refractivity contribution in [1.82, 2.24) is 9.80 Å². The second-order valence-corrected chi connectivity index (χ2v) is 5.88. The van der Waals surface area contributed by atoms with Gasteiger partial charge in [0, 0.05) is 25.7 Å². The summed E-state index contributed by atoms with van der Waals surface area (Å²) in [5, 5.41) is 0. The van der Waals surface area contributed by atoms with Crippen LogP contribution in [0.3, 0.4) is 0 Å². The maximum absolute atomic E-state index is 5.98. The van der Waals surface area contributed by atoms with Crippen LogP contribution in [-0.4, -0.2) is 67.8 Å². The minimum atomic E-state index is 0.355. The van der Waals surface area contributed by atoms with Gasteiger partial charge in [-0.15, -0.1) is 0 Å². The van der Waals surface area contributed by atoms with Crippen LogP contribution in [0.5, 0.6) is 0 Å². The lowest BCUT2D eigenvalue weighted by Gasteiger charge is -2.38. The standard InChI is InChI=1S/C14H29N3O/c1-3-16-8-9-18-14(10-16)11-17-6-4-13(5-7-17)12(2)15/h12-14H,3-11,15H2,1-2H3. The molecule has 2 atom stereocenters. The predicted molar refractivity (Wildman–Crippen MR) is 74.7 cm³/mol. The molecule has 0 amide bonds. The van der Waals surface area contributed by atoms with Crippen molar-refractivity contribution in [3.05, 3.63) is 0 Å². The van der Waals surface area contributed by atoms with E-state index >= 15 is 0 Å². The second-order valence-electron chi connectivity index (χ2n) is 5.88. The van der Waals surface area contributed by atoms with E-state index < -0.39 is 0 Å². The first-order valence-electron chi connectivity index (χ1n) is 7.51. The molecule has 2 rings (SSSR count). The number of nitrogens with zero attached hydrogens (tertiary/aromatic N) is 2. The SMILES string of the molecule is CCN1CCOC(CN2CCC(C(C)N)CC2)C1. The summed E-state index contributed by atoms with van der Waals surface area (Å²) < 4.78 is 5.88. The summed E-state index contributed by atoms with van der Waals surface area (Å²) in [7, 11) is 0. The van der Waals surface area contributed by atoms with Crippen LogP contribution in [-0.2, 0) is 4.74 Å². The number of likely N-dealkylation sites (N-methyl/N-ethyl adjacent to an activating group) is 1. The molecule has 4 nitrogen and oxygen atoms in total. The van der Waals surface area contributed by atoms with Crippen LogP contribution >= 0.6 is 0 Å². The van der Waals surface area contributed by atoms with E-state index in [0.717, 1.165) is 38.7 Å². The second kappa shape index (κ2) is 6.85. The maximum Gasteiger partial charge on any atom is 0.0829 e. The van der Waals surface area contributed by atoms with Gasteiger partial charge < -0.3 is 15.4 Å². The fourth-order valence-corrected chi connectivity index (χ4v) is 3.13. The molecule has 0 aromatic carbocycles. The number of hydrogen-bond acceptors (Lipinski definition) is 4. The van der Waals surface area contributed by atoms with Gasteiger partial charge in [0.05, 0.1) is 12.7 Å². The Labute approximate surface area is 111 Å². The predicted octanol–water partition coefficient (Wildman–Crippen LogP) is 0.766. The lowest BCUT2D eigenvalue weighted by atomic mass is 9.91. The lowest BCUT2D eigenvalue weighted by Crippen LogP contribution is -2.49. The number of likely N-dealkylation sites (tertiary alicyclic amines) is 1. The van der Waals surface area contributed by atoms with Crippen molar-refractivity contribution in [2.45, 2.75) is 38.8 Å². The largest absolute Gasteiger partial charge is 0.374 e. The summed E-state index contributed by atoms with van der Waals surface area (Å²) in [6.07, 6.45) is 2.91. The molecule has 2 unspecified atom stereocenters. The Kier molecular flexibility index (Phi) is 5.42. The van der Waals surface area contributed by atoms with Crippen LogP contribution in [0.15, 0.2) is 0 Å². The Hall–Kier alpha value is -0.160. The Morgan fingerprint density at radius 1 is 1.22 bits per heavy atom. The van der Waals surface area contributed by atoms with Gasteiger partial charge in [0.15, 0.2) is 0 Å². The van der Waals surface area contributed by atoms with Gasteiger partial charge in [0.2, 0.25) is 0 Å². The van der Waals surface area contributed by atoms with Crippen molar-refractivity contribution < 1.29 is 4.74 Å². The zero-order valence-electron chi connectivity index (χ0n) is 12.0. The normalized spacial score (nSPS) is 30.5. The van der Waals surface area contributed by atoms with Gasteiger partial charge in [0.1, 0.15) is 0 Å². The van der Waals surface area contributed by atoms with E-state index in [0.29, 0.717) is 12.1 Å². The third kappa shape index (κ3) is 3.92. The highest BCUT2D eigenvalue weighted by Crippen LogP contribution is 2.20. The van der Waals surface area contributed by atoms with E-state index in [1.807, 2.05) is 0 Å². The fraction of sp³-hybridized carbons (Fsp3) is 1.00. The fourth-order valence-electron chi connectivity index (χ4n) is 3.13. The number of morpholine rings is 1. The molecule has 0 aliphatic carbocycles. The van der Waals surface area contributed by atoms with Crippen LogP contribution in [0, 0.1) is 5.92 Å². The van der Waals surface area contributed by atoms with Crippen LogP contribution in [0.1, 0.15) is 26.7 Å². The van der Waals surface area contributed by atoms with Crippen LogP contribution < -0.4 is 5.73 Å². The molecule has 2 fully saturated rings. The molecule has 0 radical (unpaired) electrons. The highest BCUT2D eigenvalue weighted by Gasteiger charge is 2.26. The third-order valence-electron chi connectivity index (χ3n) is 4.51. The molecule has 2 N–H and O–H groups in total. The van der Waals surface area contributed by atoms with Gasteiger partial charge in [-0.2, -0.15) is 0 Å². The minimum Gasteiger partial charge on any atom is -0.374 e. The molecule has 4 heteroatoms. The average molecular weight is 255 g/mol. The van der Waals surface area contributed by atoms with Crippen molar-refractivity contribution in [3.8, 4) is 0 Å².